The summed E-state index contributed by atoms with van der Waals surface area (Å²) < 4.78 is 46.0. The fourth-order valence-corrected chi connectivity index (χ4v) is 4.57. The predicted octanol–water partition coefficient (Wildman–Crippen LogP) is 2.44. The minimum Gasteiger partial charge on any atom is -0.351 e. The summed E-state index contributed by atoms with van der Waals surface area (Å²) in [7, 11) is 0. The number of hydrogen-bond donors (Lipinski definition) is 2. The molecule has 1 aliphatic heterocycles. The molecule has 0 spiro atoms. The van der Waals surface area contributed by atoms with Crippen LogP contribution >= 0.6 is 0 Å². The molecule has 0 saturated heterocycles. The van der Waals surface area contributed by atoms with Gasteiger partial charge in [-0.25, -0.2) is 18.6 Å². The number of benzene rings is 1. The lowest BCUT2D eigenvalue weighted by Gasteiger charge is -2.16. The van der Waals surface area contributed by atoms with Gasteiger partial charge in [0.15, 0.2) is 5.82 Å². The first-order valence-electron chi connectivity index (χ1n) is 11.5. The van der Waals surface area contributed by atoms with Crippen molar-refractivity contribution in [3.63, 3.8) is 0 Å². The van der Waals surface area contributed by atoms with Crippen molar-refractivity contribution in [3.8, 4) is 5.69 Å². The minimum atomic E-state index is -0.831. The van der Waals surface area contributed by atoms with Gasteiger partial charge in [-0.2, -0.15) is 13.9 Å². The van der Waals surface area contributed by atoms with Crippen LogP contribution in [-0.2, 0) is 19.6 Å². The van der Waals surface area contributed by atoms with Crippen LogP contribution in [0.4, 0.5) is 13.2 Å². The van der Waals surface area contributed by atoms with Crippen LogP contribution in [0.1, 0.15) is 34.2 Å². The summed E-state index contributed by atoms with van der Waals surface area (Å²) in [5.41, 5.74) is 1.51. The molecule has 0 atom stereocenters. The molecule has 6 rings (SSSR count). The van der Waals surface area contributed by atoms with E-state index >= 15 is 4.39 Å². The molecular weight excluding hydrogens is 489 g/mol. The molecule has 0 aliphatic carbocycles. The number of H-pyrrole nitrogens is 1. The molecule has 188 valence electrons. The Morgan fingerprint density at radius 1 is 1.11 bits per heavy atom. The molecule has 2 N–H and O–H groups in total. The highest BCUT2D eigenvalue weighted by Gasteiger charge is 2.25. The number of aromatic amines is 1. The number of fused-ring (bicyclic) bond motifs is 4. The topological polar surface area (TPSA) is 113 Å². The van der Waals surface area contributed by atoms with E-state index in [4.69, 9.17) is 0 Å². The molecule has 1 aliphatic rings. The maximum atomic E-state index is 15.3. The van der Waals surface area contributed by atoms with Gasteiger partial charge in [-0.3, -0.25) is 14.5 Å². The molecule has 0 radical (unpaired) electrons. The number of carbonyl (C=O) groups is 1. The van der Waals surface area contributed by atoms with Crippen molar-refractivity contribution >= 4 is 22.5 Å². The number of amides is 1. The molecule has 4 aromatic heterocycles. The molecule has 0 unspecified atom stereocenters. The summed E-state index contributed by atoms with van der Waals surface area (Å²) in [5, 5.41) is 10.7. The van der Waals surface area contributed by atoms with Crippen LogP contribution in [-0.4, -0.2) is 46.7 Å². The number of nitrogens with zero attached hydrogens (tertiary/aromatic N) is 6. The van der Waals surface area contributed by atoms with Crippen molar-refractivity contribution in [1.82, 2.24) is 39.6 Å². The van der Waals surface area contributed by atoms with Crippen molar-refractivity contribution in [2.24, 2.45) is 0 Å². The molecule has 1 aromatic carbocycles. The number of hydrogen-bond acceptors (Lipinski definition) is 6. The normalized spacial score (nSPS) is 13.5. The van der Waals surface area contributed by atoms with Gasteiger partial charge >= 0.3 is 0 Å². The fraction of sp³-hybridized carbons (Fsp3) is 0.208. The number of pyridine rings is 1. The van der Waals surface area contributed by atoms with E-state index in [1.165, 1.54) is 16.8 Å². The third kappa shape index (κ3) is 3.83. The summed E-state index contributed by atoms with van der Waals surface area (Å²) >= 11 is 0. The largest absolute Gasteiger partial charge is 0.351 e. The average Bonchev–Trinajstić information content (AvgIpc) is 3.54. The number of rotatable bonds is 5. The Kier molecular flexibility index (Phi) is 5.30. The van der Waals surface area contributed by atoms with Crippen molar-refractivity contribution in [2.75, 3.05) is 6.54 Å². The zero-order valence-corrected chi connectivity index (χ0v) is 19.4. The second-order valence-electron chi connectivity index (χ2n) is 8.71. The number of nitrogens with one attached hydrogen (secondary N) is 2. The maximum Gasteiger partial charge on any atom is 0.274 e. The Labute approximate surface area is 206 Å². The highest BCUT2D eigenvalue weighted by molar-refractivity contribution is 5.92. The number of aromatic nitrogens is 6. The second-order valence-corrected chi connectivity index (χ2v) is 8.71. The summed E-state index contributed by atoms with van der Waals surface area (Å²) in [4.78, 5) is 32.3. The lowest BCUT2D eigenvalue weighted by Crippen LogP contribution is -2.24. The van der Waals surface area contributed by atoms with Crippen LogP contribution in [0, 0.1) is 17.7 Å². The Hall–Kier alpha value is -4.52. The molecule has 5 heterocycles. The summed E-state index contributed by atoms with van der Waals surface area (Å²) in [5.74, 6) is -2.73. The van der Waals surface area contributed by atoms with Gasteiger partial charge in [0.25, 0.3) is 11.5 Å². The molecule has 37 heavy (non-hydrogen) atoms. The molecule has 13 heteroatoms. The van der Waals surface area contributed by atoms with E-state index in [0.29, 0.717) is 30.9 Å². The van der Waals surface area contributed by atoms with Gasteiger partial charge in [0.2, 0.25) is 11.9 Å². The SMILES string of the molecule is CCNC(=O)c1ccc(-n2cc3c(n2)CN(Cc2ccc4c([nH]c(=O)c5cc(F)nn54)c2F)C3)c(F)n1. The molecule has 0 fully saturated rings. The third-order valence-corrected chi connectivity index (χ3v) is 6.26. The molecule has 1 amide bonds. The van der Waals surface area contributed by atoms with Crippen LogP contribution in [0.25, 0.3) is 22.2 Å². The predicted molar refractivity (Wildman–Crippen MR) is 126 cm³/mol. The van der Waals surface area contributed by atoms with Gasteiger partial charge in [-0.1, -0.05) is 6.07 Å². The first kappa shape index (κ1) is 22.9. The van der Waals surface area contributed by atoms with Gasteiger partial charge in [-0.15, -0.1) is 5.10 Å². The maximum absolute atomic E-state index is 15.3. The zero-order valence-electron chi connectivity index (χ0n) is 19.4. The lowest BCUT2D eigenvalue weighted by molar-refractivity contribution is 0.0949. The fourth-order valence-electron chi connectivity index (χ4n) is 4.57. The Bertz CT molecular complexity index is 1750. The molecular formula is C24H19F3N8O2. The Balaban J connectivity index is 1.23. The van der Waals surface area contributed by atoms with E-state index < -0.39 is 29.2 Å². The van der Waals surface area contributed by atoms with Crippen molar-refractivity contribution < 1.29 is 18.0 Å². The van der Waals surface area contributed by atoms with E-state index in [1.54, 1.807) is 25.3 Å². The minimum absolute atomic E-state index is 0.00970. The summed E-state index contributed by atoms with van der Waals surface area (Å²) in [6.07, 6.45) is 1.68. The van der Waals surface area contributed by atoms with Crippen LogP contribution < -0.4 is 10.9 Å². The monoisotopic (exact) mass is 508 g/mol. The Morgan fingerprint density at radius 3 is 2.70 bits per heavy atom. The van der Waals surface area contributed by atoms with Gasteiger partial charge in [0.1, 0.15) is 22.4 Å². The molecule has 0 bridgehead atoms. The van der Waals surface area contributed by atoms with E-state index in [0.717, 1.165) is 16.1 Å². The lowest BCUT2D eigenvalue weighted by atomic mass is 10.1. The molecule has 5 aromatic rings. The van der Waals surface area contributed by atoms with Crippen LogP contribution in [0.15, 0.2) is 41.3 Å². The number of carbonyl (C=O) groups excluding carboxylic acids is 1. The second kappa shape index (κ2) is 8.55. The van der Waals surface area contributed by atoms with E-state index in [2.05, 4.69) is 25.5 Å². The smallest absolute Gasteiger partial charge is 0.274 e. The van der Waals surface area contributed by atoms with Crippen LogP contribution in [0.3, 0.4) is 0 Å². The first-order chi connectivity index (χ1) is 17.8. The Morgan fingerprint density at radius 2 is 1.95 bits per heavy atom. The van der Waals surface area contributed by atoms with Gasteiger partial charge in [-0.05, 0) is 25.1 Å². The van der Waals surface area contributed by atoms with E-state index in [9.17, 15) is 18.4 Å². The van der Waals surface area contributed by atoms with Gasteiger partial charge < -0.3 is 10.3 Å². The van der Waals surface area contributed by atoms with Crippen molar-refractivity contribution in [1.29, 1.82) is 0 Å². The first-order valence-corrected chi connectivity index (χ1v) is 11.5. The average molecular weight is 508 g/mol. The van der Waals surface area contributed by atoms with Crippen LogP contribution in [0.5, 0.6) is 0 Å². The number of halogens is 3. The zero-order chi connectivity index (χ0) is 25.8. The summed E-state index contributed by atoms with van der Waals surface area (Å²) in [6, 6.07) is 7.02. The highest BCUT2D eigenvalue weighted by Crippen LogP contribution is 2.27. The quantitative estimate of drug-likeness (QED) is 0.353. The van der Waals surface area contributed by atoms with Crippen LogP contribution in [0.2, 0.25) is 0 Å². The van der Waals surface area contributed by atoms with E-state index in [-0.39, 0.29) is 34.5 Å². The highest BCUT2D eigenvalue weighted by atomic mass is 19.1. The van der Waals surface area contributed by atoms with Crippen molar-refractivity contribution in [2.45, 2.75) is 26.6 Å². The molecule has 0 saturated carbocycles. The van der Waals surface area contributed by atoms with E-state index in [1.807, 2.05) is 4.90 Å². The standard InChI is InChI=1S/C24H19F3N8O2/c1-2-28-23(36)14-4-6-17(22(27)29-14)34-10-13-9-33(11-15(13)31-34)8-12-3-5-16-21(20(12)26)30-24(37)18-7-19(25)32-35(16)18/h3-7,10H,2,8-9,11H2,1H3,(H,28,36)(H,30,37). The van der Waals surface area contributed by atoms with Gasteiger partial charge in [0, 0.05) is 49.6 Å². The summed E-state index contributed by atoms with van der Waals surface area (Å²) in [6.45, 7) is 3.22. The third-order valence-electron chi connectivity index (χ3n) is 6.26. The van der Waals surface area contributed by atoms with Gasteiger partial charge in [0.05, 0.1) is 11.2 Å². The molecule has 10 nitrogen and oxygen atoms in total. The van der Waals surface area contributed by atoms with Crippen molar-refractivity contribution in [3.05, 3.63) is 87.1 Å².